The van der Waals surface area contributed by atoms with Crippen LogP contribution in [0.3, 0.4) is 0 Å². The van der Waals surface area contributed by atoms with Crippen molar-refractivity contribution in [1.29, 1.82) is 0 Å². The van der Waals surface area contributed by atoms with Gasteiger partial charge < -0.3 is 19.7 Å². The average molecular weight is 431 g/mol. The molecular formula is C25H26N4O3. The minimum atomic E-state index is -0.192. The number of anilines is 1. The van der Waals surface area contributed by atoms with Gasteiger partial charge in [0.2, 0.25) is 5.91 Å². The molecule has 1 N–H and O–H groups in total. The van der Waals surface area contributed by atoms with Gasteiger partial charge in [-0.05, 0) is 42.8 Å². The minimum Gasteiger partial charge on any atom is -0.335 e. The van der Waals surface area contributed by atoms with Crippen molar-refractivity contribution in [3.8, 4) is 0 Å². The summed E-state index contributed by atoms with van der Waals surface area (Å²) >= 11 is 0. The first kappa shape index (κ1) is 21.4. The quantitative estimate of drug-likeness (QED) is 0.676. The Morgan fingerprint density at radius 1 is 0.781 bits per heavy atom. The van der Waals surface area contributed by atoms with Crippen LogP contribution in [-0.4, -0.2) is 58.3 Å². The molecule has 1 saturated heterocycles. The summed E-state index contributed by atoms with van der Waals surface area (Å²) in [7, 11) is 0. The molecule has 0 aliphatic carbocycles. The fourth-order valence-electron chi connectivity index (χ4n) is 3.84. The standard InChI is InChI=1S/C25H26N4O3/c1-19-8-5-6-11-21(19)26-23(30)18-29-13-7-12-22(29)25(32)28-16-14-27(15-17-28)24(31)20-9-3-2-4-10-20/h2-13H,14-18H2,1H3,(H,26,30). The molecule has 1 aliphatic rings. The predicted octanol–water partition coefficient (Wildman–Crippen LogP) is 3.03. The largest absolute Gasteiger partial charge is 0.335 e. The summed E-state index contributed by atoms with van der Waals surface area (Å²) in [5.41, 5.74) is 2.86. The number of carbonyl (C=O) groups excluding carboxylic acids is 3. The number of benzene rings is 2. The van der Waals surface area contributed by atoms with E-state index in [-0.39, 0.29) is 24.3 Å². The van der Waals surface area contributed by atoms with Crippen molar-refractivity contribution >= 4 is 23.4 Å². The first-order valence-corrected chi connectivity index (χ1v) is 10.7. The Hall–Kier alpha value is -3.87. The number of aryl methyl sites for hydroxylation is 1. The van der Waals surface area contributed by atoms with Crippen LogP contribution in [0.4, 0.5) is 5.69 Å². The van der Waals surface area contributed by atoms with Gasteiger partial charge in [0.05, 0.1) is 0 Å². The zero-order chi connectivity index (χ0) is 22.5. The summed E-state index contributed by atoms with van der Waals surface area (Å²) in [5, 5.41) is 2.90. The number of carbonyl (C=O) groups is 3. The van der Waals surface area contributed by atoms with E-state index in [2.05, 4.69) is 5.32 Å². The van der Waals surface area contributed by atoms with Crippen molar-refractivity contribution in [2.75, 3.05) is 31.5 Å². The van der Waals surface area contributed by atoms with E-state index in [0.29, 0.717) is 37.4 Å². The van der Waals surface area contributed by atoms with Crippen molar-refractivity contribution in [2.45, 2.75) is 13.5 Å². The lowest BCUT2D eigenvalue weighted by molar-refractivity contribution is -0.116. The van der Waals surface area contributed by atoms with Crippen LogP contribution in [0.25, 0.3) is 0 Å². The highest BCUT2D eigenvalue weighted by atomic mass is 16.2. The molecule has 0 spiro atoms. The van der Waals surface area contributed by atoms with Gasteiger partial charge in [0, 0.05) is 43.6 Å². The molecule has 0 bridgehead atoms. The third-order valence-electron chi connectivity index (χ3n) is 5.66. The summed E-state index contributed by atoms with van der Waals surface area (Å²) in [6, 6.07) is 20.2. The van der Waals surface area contributed by atoms with Gasteiger partial charge in [-0.25, -0.2) is 0 Å². The maximum absolute atomic E-state index is 13.1. The maximum atomic E-state index is 13.1. The highest BCUT2D eigenvalue weighted by Crippen LogP contribution is 2.15. The Labute approximate surface area is 187 Å². The van der Waals surface area contributed by atoms with Gasteiger partial charge in [0.25, 0.3) is 11.8 Å². The third-order valence-corrected chi connectivity index (χ3v) is 5.66. The molecule has 0 unspecified atom stereocenters. The van der Waals surface area contributed by atoms with Crippen LogP contribution in [0.15, 0.2) is 72.9 Å². The second-order valence-corrected chi connectivity index (χ2v) is 7.83. The molecule has 2 heterocycles. The predicted molar refractivity (Wildman–Crippen MR) is 122 cm³/mol. The lowest BCUT2D eigenvalue weighted by atomic mass is 10.2. The Balaban J connectivity index is 1.36. The number of aromatic nitrogens is 1. The summed E-state index contributed by atoms with van der Waals surface area (Å²) in [6.07, 6.45) is 1.74. The molecule has 3 amide bonds. The number of nitrogens with zero attached hydrogens (tertiary/aromatic N) is 3. The molecule has 7 nitrogen and oxygen atoms in total. The van der Waals surface area contributed by atoms with Gasteiger partial charge in [-0.2, -0.15) is 0 Å². The van der Waals surface area contributed by atoms with Crippen LogP contribution >= 0.6 is 0 Å². The van der Waals surface area contributed by atoms with Crippen molar-refractivity contribution < 1.29 is 14.4 Å². The molecule has 0 saturated carbocycles. The molecule has 1 aliphatic heterocycles. The topological polar surface area (TPSA) is 74.7 Å². The van der Waals surface area contributed by atoms with Crippen LogP contribution in [0.2, 0.25) is 0 Å². The van der Waals surface area contributed by atoms with Gasteiger partial charge in [0.1, 0.15) is 12.2 Å². The molecule has 1 aromatic heterocycles. The Kier molecular flexibility index (Phi) is 6.35. The van der Waals surface area contributed by atoms with Crippen LogP contribution in [0.1, 0.15) is 26.4 Å². The van der Waals surface area contributed by atoms with E-state index in [0.717, 1.165) is 11.3 Å². The van der Waals surface area contributed by atoms with E-state index in [9.17, 15) is 14.4 Å². The number of hydrogen-bond acceptors (Lipinski definition) is 3. The number of nitrogens with one attached hydrogen (secondary N) is 1. The van der Waals surface area contributed by atoms with E-state index < -0.39 is 0 Å². The molecule has 4 rings (SSSR count). The summed E-state index contributed by atoms with van der Waals surface area (Å²) in [5.74, 6) is -0.345. The van der Waals surface area contributed by atoms with Gasteiger partial charge >= 0.3 is 0 Å². The van der Waals surface area contributed by atoms with E-state index >= 15 is 0 Å². The molecule has 0 atom stereocenters. The Morgan fingerprint density at radius 3 is 2.09 bits per heavy atom. The zero-order valence-corrected chi connectivity index (χ0v) is 18.0. The fourth-order valence-corrected chi connectivity index (χ4v) is 3.84. The van der Waals surface area contributed by atoms with E-state index in [1.54, 1.807) is 44.8 Å². The first-order chi connectivity index (χ1) is 15.5. The highest BCUT2D eigenvalue weighted by molar-refractivity contribution is 5.96. The number of para-hydroxylation sites is 1. The minimum absolute atomic E-state index is 0.0195. The van der Waals surface area contributed by atoms with Crippen LogP contribution < -0.4 is 5.32 Å². The number of amides is 3. The lowest BCUT2D eigenvalue weighted by Crippen LogP contribution is -2.51. The summed E-state index contributed by atoms with van der Waals surface area (Å²) in [6.45, 7) is 3.86. The molecular weight excluding hydrogens is 404 g/mol. The van der Waals surface area contributed by atoms with Crippen molar-refractivity contribution in [1.82, 2.24) is 14.4 Å². The smallest absolute Gasteiger partial charge is 0.270 e. The molecule has 0 radical (unpaired) electrons. The van der Waals surface area contributed by atoms with Crippen LogP contribution in [-0.2, 0) is 11.3 Å². The summed E-state index contributed by atoms with van der Waals surface area (Å²) < 4.78 is 1.66. The number of rotatable bonds is 5. The third kappa shape index (κ3) is 4.72. The average Bonchev–Trinajstić information content (AvgIpc) is 3.28. The normalized spacial score (nSPS) is 13.7. The van der Waals surface area contributed by atoms with E-state index in [4.69, 9.17) is 0 Å². The second kappa shape index (κ2) is 9.51. The van der Waals surface area contributed by atoms with Crippen molar-refractivity contribution in [3.05, 3.63) is 89.7 Å². The molecule has 164 valence electrons. The Bertz CT molecular complexity index is 1110. The van der Waals surface area contributed by atoms with E-state index in [1.807, 2.05) is 49.4 Å². The second-order valence-electron chi connectivity index (χ2n) is 7.83. The van der Waals surface area contributed by atoms with Crippen LogP contribution in [0, 0.1) is 6.92 Å². The lowest BCUT2D eigenvalue weighted by Gasteiger charge is -2.35. The van der Waals surface area contributed by atoms with Gasteiger partial charge in [-0.1, -0.05) is 36.4 Å². The molecule has 1 fully saturated rings. The van der Waals surface area contributed by atoms with Crippen LogP contribution in [0.5, 0.6) is 0 Å². The monoisotopic (exact) mass is 430 g/mol. The fraction of sp³-hybridized carbons (Fsp3) is 0.240. The number of piperazine rings is 1. The first-order valence-electron chi connectivity index (χ1n) is 10.7. The maximum Gasteiger partial charge on any atom is 0.270 e. The van der Waals surface area contributed by atoms with Gasteiger partial charge in [0.15, 0.2) is 0 Å². The van der Waals surface area contributed by atoms with Crippen molar-refractivity contribution in [2.24, 2.45) is 0 Å². The summed E-state index contributed by atoms with van der Waals surface area (Å²) in [4.78, 5) is 41.8. The van der Waals surface area contributed by atoms with Gasteiger partial charge in [-0.3, -0.25) is 14.4 Å². The zero-order valence-electron chi connectivity index (χ0n) is 18.0. The van der Waals surface area contributed by atoms with Crippen molar-refractivity contribution in [3.63, 3.8) is 0 Å². The van der Waals surface area contributed by atoms with Gasteiger partial charge in [-0.15, -0.1) is 0 Å². The molecule has 32 heavy (non-hydrogen) atoms. The molecule has 2 aromatic carbocycles. The molecule has 7 heteroatoms. The van der Waals surface area contributed by atoms with E-state index in [1.165, 1.54) is 0 Å². The highest BCUT2D eigenvalue weighted by Gasteiger charge is 2.27. The SMILES string of the molecule is Cc1ccccc1NC(=O)Cn1cccc1C(=O)N1CCN(C(=O)c2ccccc2)CC1. The number of hydrogen-bond donors (Lipinski definition) is 1. The Morgan fingerprint density at radius 2 is 1.41 bits per heavy atom. The molecule has 3 aromatic rings.